The summed E-state index contributed by atoms with van der Waals surface area (Å²) in [6.07, 6.45) is 2.91. The molecule has 0 aliphatic carbocycles. The van der Waals surface area contributed by atoms with Gasteiger partial charge in [0, 0.05) is 17.5 Å². The van der Waals surface area contributed by atoms with Crippen LogP contribution < -0.4 is 5.73 Å². The highest BCUT2D eigenvalue weighted by Gasteiger charge is 2.08. The smallest absolute Gasteiger partial charge is 0.248 e. The highest BCUT2D eigenvalue weighted by atomic mass is 16.4. The normalized spacial score (nSPS) is 10.5. The Morgan fingerprint density at radius 3 is 2.61 bits per heavy atom. The standard InChI is InChI=1S/C13H15N3O2/c1-2-3-4-11-15-16-13(18-11)10-7-5-9(6-8-10)12(14)17/h5-8H,2-4H2,1H3,(H2,14,17). The molecule has 5 heteroatoms. The summed E-state index contributed by atoms with van der Waals surface area (Å²) in [6, 6.07) is 6.79. The SMILES string of the molecule is CCCCc1nnc(-c2ccc(C(N)=O)cc2)o1. The summed E-state index contributed by atoms with van der Waals surface area (Å²) in [7, 11) is 0. The minimum atomic E-state index is -0.448. The van der Waals surface area contributed by atoms with Crippen LogP contribution in [0.1, 0.15) is 36.0 Å². The first-order chi connectivity index (χ1) is 8.70. The maximum absolute atomic E-state index is 10.9. The van der Waals surface area contributed by atoms with Gasteiger partial charge in [-0.15, -0.1) is 10.2 Å². The summed E-state index contributed by atoms with van der Waals surface area (Å²) < 4.78 is 5.53. The zero-order valence-corrected chi connectivity index (χ0v) is 10.2. The number of carbonyl (C=O) groups is 1. The predicted octanol–water partition coefficient (Wildman–Crippen LogP) is 2.18. The zero-order valence-electron chi connectivity index (χ0n) is 10.2. The van der Waals surface area contributed by atoms with Crippen LogP contribution in [0.3, 0.4) is 0 Å². The molecule has 1 amide bonds. The van der Waals surface area contributed by atoms with E-state index in [4.69, 9.17) is 10.2 Å². The third-order valence-corrected chi connectivity index (χ3v) is 2.63. The monoisotopic (exact) mass is 245 g/mol. The summed E-state index contributed by atoms with van der Waals surface area (Å²) in [5.41, 5.74) is 6.42. The highest BCUT2D eigenvalue weighted by Crippen LogP contribution is 2.18. The van der Waals surface area contributed by atoms with Crippen LogP contribution in [0.5, 0.6) is 0 Å². The Kier molecular flexibility index (Phi) is 3.72. The lowest BCUT2D eigenvalue weighted by Crippen LogP contribution is -2.10. The molecule has 0 unspecified atom stereocenters. The molecule has 0 aliphatic rings. The van der Waals surface area contributed by atoms with E-state index < -0.39 is 5.91 Å². The van der Waals surface area contributed by atoms with Crippen molar-refractivity contribution in [3.63, 3.8) is 0 Å². The molecule has 1 aromatic heterocycles. The summed E-state index contributed by atoms with van der Waals surface area (Å²) >= 11 is 0. The van der Waals surface area contributed by atoms with E-state index in [-0.39, 0.29) is 0 Å². The third-order valence-electron chi connectivity index (χ3n) is 2.63. The lowest BCUT2D eigenvalue weighted by atomic mass is 10.1. The summed E-state index contributed by atoms with van der Waals surface area (Å²) in [6.45, 7) is 2.11. The number of rotatable bonds is 5. The van der Waals surface area contributed by atoms with Crippen LogP contribution in [0.4, 0.5) is 0 Å². The molecule has 0 bridgehead atoms. The van der Waals surface area contributed by atoms with Gasteiger partial charge < -0.3 is 10.2 Å². The number of unbranched alkanes of at least 4 members (excludes halogenated alkanes) is 1. The van der Waals surface area contributed by atoms with Crippen molar-refractivity contribution in [2.45, 2.75) is 26.2 Å². The average Bonchev–Trinajstić information content (AvgIpc) is 2.85. The van der Waals surface area contributed by atoms with Gasteiger partial charge in [-0.25, -0.2) is 0 Å². The highest BCUT2D eigenvalue weighted by molar-refractivity contribution is 5.93. The van der Waals surface area contributed by atoms with E-state index in [1.165, 1.54) is 0 Å². The van der Waals surface area contributed by atoms with Crippen molar-refractivity contribution in [3.05, 3.63) is 35.7 Å². The Hall–Kier alpha value is -2.17. The molecule has 0 saturated heterocycles. The number of nitrogens with zero attached hydrogens (tertiary/aromatic N) is 2. The van der Waals surface area contributed by atoms with Crippen LogP contribution in [-0.2, 0) is 6.42 Å². The topological polar surface area (TPSA) is 82.0 Å². The lowest BCUT2D eigenvalue weighted by Gasteiger charge is -1.97. The van der Waals surface area contributed by atoms with Crippen LogP contribution in [-0.4, -0.2) is 16.1 Å². The van der Waals surface area contributed by atoms with Gasteiger partial charge in [-0.1, -0.05) is 13.3 Å². The van der Waals surface area contributed by atoms with Gasteiger partial charge in [0.2, 0.25) is 17.7 Å². The second kappa shape index (κ2) is 5.44. The second-order valence-corrected chi connectivity index (χ2v) is 4.05. The van der Waals surface area contributed by atoms with Crippen molar-refractivity contribution in [1.29, 1.82) is 0 Å². The van der Waals surface area contributed by atoms with E-state index in [1.54, 1.807) is 24.3 Å². The zero-order chi connectivity index (χ0) is 13.0. The molecule has 0 fully saturated rings. The van der Waals surface area contributed by atoms with E-state index in [1.807, 2.05) is 0 Å². The molecule has 0 aliphatic heterocycles. The summed E-state index contributed by atoms with van der Waals surface area (Å²) in [5, 5.41) is 7.96. The van der Waals surface area contributed by atoms with Crippen molar-refractivity contribution in [2.75, 3.05) is 0 Å². The molecule has 18 heavy (non-hydrogen) atoms. The molecule has 2 aromatic rings. The molecule has 2 rings (SSSR count). The Morgan fingerprint density at radius 2 is 2.00 bits per heavy atom. The molecular weight excluding hydrogens is 230 g/mol. The molecule has 5 nitrogen and oxygen atoms in total. The first-order valence-electron chi connectivity index (χ1n) is 5.93. The van der Waals surface area contributed by atoms with E-state index >= 15 is 0 Å². The number of hydrogen-bond donors (Lipinski definition) is 1. The summed E-state index contributed by atoms with van der Waals surface area (Å²) in [4.78, 5) is 10.9. The minimum Gasteiger partial charge on any atom is -0.421 e. The largest absolute Gasteiger partial charge is 0.421 e. The fourth-order valence-electron chi connectivity index (χ4n) is 1.58. The molecule has 2 N–H and O–H groups in total. The molecule has 0 atom stereocenters. The molecular formula is C13H15N3O2. The van der Waals surface area contributed by atoms with Crippen molar-refractivity contribution in [3.8, 4) is 11.5 Å². The number of aromatic nitrogens is 2. The maximum Gasteiger partial charge on any atom is 0.248 e. The van der Waals surface area contributed by atoms with Crippen molar-refractivity contribution >= 4 is 5.91 Å². The minimum absolute atomic E-state index is 0.448. The van der Waals surface area contributed by atoms with Gasteiger partial charge in [-0.05, 0) is 30.7 Å². The molecule has 1 heterocycles. The third kappa shape index (κ3) is 2.74. The predicted molar refractivity (Wildman–Crippen MR) is 66.9 cm³/mol. The van der Waals surface area contributed by atoms with Gasteiger partial charge in [-0.2, -0.15) is 0 Å². The first-order valence-corrected chi connectivity index (χ1v) is 5.93. The Bertz CT molecular complexity index is 531. The Labute approximate surface area is 105 Å². The quantitative estimate of drug-likeness (QED) is 0.875. The molecule has 1 aromatic carbocycles. The first kappa shape index (κ1) is 12.3. The number of hydrogen-bond acceptors (Lipinski definition) is 4. The second-order valence-electron chi connectivity index (χ2n) is 4.05. The fourth-order valence-corrected chi connectivity index (χ4v) is 1.58. The van der Waals surface area contributed by atoms with E-state index in [2.05, 4.69) is 17.1 Å². The van der Waals surface area contributed by atoms with Crippen LogP contribution in [0.15, 0.2) is 28.7 Å². The van der Waals surface area contributed by atoms with Gasteiger partial charge in [0.25, 0.3) is 0 Å². The van der Waals surface area contributed by atoms with E-state index in [0.717, 1.165) is 24.8 Å². The molecule has 0 saturated carbocycles. The number of nitrogens with two attached hydrogens (primary N) is 1. The van der Waals surface area contributed by atoms with Crippen molar-refractivity contribution in [2.24, 2.45) is 5.73 Å². The van der Waals surface area contributed by atoms with Gasteiger partial charge >= 0.3 is 0 Å². The molecule has 0 radical (unpaired) electrons. The molecule has 94 valence electrons. The van der Waals surface area contributed by atoms with E-state index in [9.17, 15) is 4.79 Å². The van der Waals surface area contributed by atoms with Gasteiger partial charge in [0.1, 0.15) is 0 Å². The fraction of sp³-hybridized carbons (Fsp3) is 0.308. The number of aryl methyl sites for hydroxylation is 1. The number of carbonyl (C=O) groups excluding carboxylic acids is 1. The van der Waals surface area contributed by atoms with Gasteiger partial charge in [0.15, 0.2) is 0 Å². The van der Waals surface area contributed by atoms with Crippen molar-refractivity contribution < 1.29 is 9.21 Å². The molecule has 0 spiro atoms. The van der Waals surface area contributed by atoms with Crippen LogP contribution in [0.2, 0.25) is 0 Å². The maximum atomic E-state index is 10.9. The van der Waals surface area contributed by atoms with E-state index in [0.29, 0.717) is 17.3 Å². The Morgan fingerprint density at radius 1 is 1.28 bits per heavy atom. The number of benzene rings is 1. The lowest BCUT2D eigenvalue weighted by molar-refractivity contribution is 0.100. The average molecular weight is 245 g/mol. The summed E-state index contributed by atoms with van der Waals surface area (Å²) in [5.74, 6) is 0.665. The van der Waals surface area contributed by atoms with Crippen LogP contribution in [0, 0.1) is 0 Å². The van der Waals surface area contributed by atoms with Crippen LogP contribution in [0.25, 0.3) is 11.5 Å². The van der Waals surface area contributed by atoms with Crippen molar-refractivity contribution in [1.82, 2.24) is 10.2 Å². The van der Waals surface area contributed by atoms with Gasteiger partial charge in [0.05, 0.1) is 0 Å². The van der Waals surface area contributed by atoms with Gasteiger partial charge in [-0.3, -0.25) is 4.79 Å². The number of amides is 1. The number of primary amides is 1. The van der Waals surface area contributed by atoms with Crippen LogP contribution >= 0.6 is 0 Å². The Balaban J connectivity index is 2.15.